The predicted octanol–water partition coefficient (Wildman–Crippen LogP) is 1.83. The fourth-order valence-electron chi connectivity index (χ4n) is 2.79. The molecule has 1 heterocycles. The largest absolute Gasteiger partial charge is 0.485 e. The van der Waals surface area contributed by atoms with Gasteiger partial charge in [0.1, 0.15) is 23.5 Å². The Morgan fingerprint density at radius 3 is 2.61 bits per heavy atom. The van der Waals surface area contributed by atoms with E-state index in [1.807, 2.05) is 0 Å². The first kappa shape index (κ1) is 17.3. The lowest BCUT2D eigenvalue weighted by atomic mass is 9.85. The highest BCUT2D eigenvalue weighted by Gasteiger charge is 2.44. The molecule has 0 bridgehead atoms. The lowest BCUT2D eigenvalue weighted by molar-refractivity contribution is -0.142. The van der Waals surface area contributed by atoms with Crippen LogP contribution in [0.3, 0.4) is 0 Å². The van der Waals surface area contributed by atoms with Crippen LogP contribution in [0.2, 0.25) is 0 Å². The van der Waals surface area contributed by atoms with Crippen molar-refractivity contribution >= 4 is 5.97 Å². The quantitative estimate of drug-likeness (QED) is 0.782. The maximum Gasteiger partial charge on any atom is 0.320 e. The summed E-state index contributed by atoms with van der Waals surface area (Å²) in [4.78, 5) is 11.5. The van der Waals surface area contributed by atoms with Crippen LogP contribution in [0.1, 0.15) is 44.9 Å². The monoisotopic (exact) mass is 318 g/mol. The molecule has 0 amide bonds. The number of carboxylic acid groups (broad SMARTS) is 1. The van der Waals surface area contributed by atoms with Gasteiger partial charge < -0.3 is 14.9 Å². The Balaban J connectivity index is 2.48. The van der Waals surface area contributed by atoms with Gasteiger partial charge in [-0.15, -0.1) is 0 Å². The van der Waals surface area contributed by atoms with Crippen LogP contribution in [0.25, 0.3) is 0 Å². The number of rotatable bonds is 4. The molecule has 124 valence electrons. The number of nitriles is 1. The molecule has 0 spiro atoms. The summed E-state index contributed by atoms with van der Waals surface area (Å²) in [6, 6.07) is 5.55. The van der Waals surface area contributed by atoms with Crippen molar-refractivity contribution in [3.8, 4) is 11.8 Å². The molecule has 1 aromatic rings. The van der Waals surface area contributed by atoms with E-state index in [0.29, 0.717) is 16.9 Å². The molecule has 6 nitrogen and oxygen atoms in total. The number of aliphatic hydroxyl groups excluding tert-OH is 1. The zero-order valence-electron chi connectivity index (χ0n) is 13.7. The molecule has 0 unspecified atom stereocenters. The average Bonchev–Trinajstić information content (AvgIpc) is 2.46. The Morgan fingerprint density at radius 1 is 1.43 bits per heavy atom. The van der Waals surface area contributed by atoms with Gasteiger partial charge in [-0.05, 0) is 38.0 Å². The molecule has 1 aromatic carbocycles. The van der Waals surface area contributed by atoms with Gasteiger partial charge in [0.25, 0.3) is 0 Å². The van der Waals surface area contributed by atoms with Crippen LogP contribution in [0, 0.1) is 17.2 Å². The molecule has 2 rings (SSSR count). The van der Waals surface area contributed by atoms with Gasteiger partial charge in [-0.1, -0.05) is 13.8 Å². The van der Waals surface area contributed by atoms with Crippen molar-refractivity contribution in [3.63, 3.8) is 0 Å². The number of hydrogen-bond donors (Lipinski definition) is 3. The highest BCUT2D eigenvalue weighted by Crippen LogP contribution is 2.40. The third kappa shape index (κ3) is 3.31. The van der Waals surface area contributed by atoms with Crippen molar-refractivity contribution in [2.24, 2.45) is 5.92 Å². The molecule has 3 N–H and O–H groups in total. The number of nitrogens with one attached hydrogen (secondary N) is 1. The Bertz CT molecular complexity index is 648. The first-order valence-electron chi connectivity index (χ1n) is 7.57. The van der Waals surface area contributed by atoms with Crippen molar-refractivity contribution in [2.75, 3.05) is 0 Å². The zero-order valence-corrected chi connectivity index (χ0v) is 13.7. The molecule has 23 heavy (non-hydrogen) atoms. The third-order valence-corrected chi connectivity index (χ3v) is 4.17. The van der Waals surface area contributed by atoms with Crippen molar-refractivity contribution < 1.29 is 19.7 Å². The molecular formula is C17H22N2O4. The number of fused-ring (bicyclic) bond motifs is 1. The minimum atomic E-state index is -0.977. The molecule has 0 saturated heterocycles. The summed E-state index contributed by atoms with van der Waals surface area (Å²) in [7, 11) is 0. The summed E-state index contributed by atoms with van der Waals surface area (Å²) in [5.74, 6) is -0.590. The minimum absolute atomic E-state index is 0.159. The maximum atomic E-state index is 11.5. The lowest BCUT2D eigenvalue weighted by Crippen LogP contribution is -2.56. The van der Waals surface area contributed by atoms with E-state index in [4.69, 9.17) is 10.00 Å². The third-order valence-electron chi connectivity index (χ3n) is 4.17. The number of aliphatic hydroxyl groups is 1. The summed E-state index contributed by atoms with van der Waals surface area (Å²) < 4.78 is 5.82. The lowest BCUT2D eigenvalue weighted by Gasteiger charge is -2.43. The van der Waals surface area contributed by atoms with Crippen LogP contribution in [0.4, 0.5) is 0 Å². The highest BCUT2D eigenvalue weighted by atomic mass is 16.5. The summed E-state index contributed by atoms with van der Waals surface area (Å²) in [5, 5.41) is 32.2. The second-order valence-electron chi connectivity index (χ2n) is 6.72. The van der Waals surface area contributed by atoms with Crippen LogP contribution < -0.4 is 10.1 Å². The van der Waals surface area contributed by atoms with Crippen LogP contribution in [0.5, 0.6) is 5.75 Å². The smallest absolute Gasteiger partial charge is 0.320 e. The van der Waals surface area contributed by atoms with Crippen molar-refractivity contribution in [1.29, 1.82) is 5.26 Å². The van der Waals surface area contributed by atoms with Crippen molar-refractivity contribution in [3.05, 3.63) is 29.3 Å². The SMILES string of the molecule is CC(C)[C@H](N[C@H]1c2cc(C#N)ccc2OC(C)(C)[C@@H]1O)C(=O)O. The number of nitrogens with zero attached hydrogens (tertiary/aromatic N) is 1. The molecule has 0 fully saturated rings. The molecule has 0 aromatic heterocycles. The molecular weight excluding hydrogens is 296 g/mol. The van der Waals surface area contributed by atoms with Gasteiger partial charge in [0.2, 0.25) is 0 Å². The molecule has 3 atom stereocenters. The Morgan fingerprint density at radius 2 is 2.09 bits per heavy atom. The highest BCUT2D eigenvalue weighted by molar-refractivity contribution is 5.74. The molecule has 1 aliphatic rings. The van der Waals surface area contributed by atoms with Gasteiger partial charge >= 0.3 is 5.97 Å². The van der Waals surface area contributed by atoms with E-state index in [9.17, 15) is 15.0 Å². The number of aliphatic carboxylic acids is 1. The van der Waals surface area contributed by atoms with Gasteiger partial charge in [-0.25, -0.2) is 0 Å². The van der Waals surface area contributed by atoms with Gasteiger partial charge in [0.05, 0.1) is 17.7 Å². The van der Waals surface area contributed by atoms with E-state index in [2.05, 4.69) is 11.4 Å². The summed E-state index contributed by atoms with van der Waals surface area (Å²) in [5.41, 5.74) is 0.157. The Hall–Kier alpha value is -2.10. The van der Waals surface area contributed by atoms with E-state index >= 15 is 0 Å². The average molecular weight is 318 g/mol. The second-order valence-corrected chi connectivity index (χ2v) is 6.72. The maximum absolute atomic E-state index is 11.5. The van der Waals surface area contributed by atoms with E-state index < -0.39 is 29.8 Å². The van der Waals surface area contributed by atoms with E-state index in [0.717, 1.165) is 0 Å². The van der Waals surface area contributed by atoms with Gasteiger partial charge in [-0.2, -0.15) is 5.26 Å². The van der Waals surface area contributed by atoms with E-state index in [1.165, 1.54) is 0 Å². The molecule has 0 saturated carbocycles. The Labute approximate surface area is 135 Å². The van der Waals surface area contributed by atoms with Crippen LogP contribution >= 0.6 is 0 Å². The summed E-state index contributed by atoms with van der Waals surface area (Å²) in [6.45, 7) is 7.10. The second kappa shape index (κ2) is 6.19. The Kier molecular flexibility index (Phi) is 4.64. The van der Waals surface area contributed by atoms with Crippen LogP contribution in [-0.4, -0.2) is 33.9 Å². The first-order chi connectivity index (χ1) is 10.7. The first-order valence-corrected chi connectivity index (χ1v) is 7.57. The fourth-order valence-corrected chi connectivity index (χ4v) is 2.79. The van der Waals surface area contributed by atoms with Crippen LogP contribution in [0.15, 0.2) is 18.2 Å². The number of carbonyl (C=O) groups is 1. The number of benzene rings is 1. The normalized spacial score (nSPS) is 23.5. The molecule has 0 aliphatic carbocycles. The standard InChI is InChI=1S/C17H22N2O4/c1-9(2)13(16(21)22)19-14-11-7-10(8-18)5-6-12(11)23-17(3,4)15(14)20/h5-7,9,13-15,19-20H,1-4H3,(H,21,22)/t13-,14-,15+/m0/s1. The molecule has 6 heteroatoms. The summed E-state index contributed by atoms with van der Waals surface area (Å²) >= 11 is 0. The topological polar surface area (TPSA) is 103 Å². The number of ether oxygens (including phenoxy) is 1. The van der Waals surface area contributed by atoms with Crippen molar-refractivity contribution in [2.45, 2.75) is 51.5 Å². The van der Waals surface area contributed by atoms with Crippen molar-refractivity contribution in [1.82, 2.24) is 5.32 Å². The van der Waals surface area contributed by atoms with Gasteiger partial charge in [-0.3, -0.25) is 10.1 Å². The van der Waals surface area contributed by atoms with E-state index in [-0.39, 0.29) is 5.92 Å². The zero-order chi connectivity index (χ0) is 17.4. The molecule has 1 aliphatic heterocycles. The predicted molar refractivity (Wildman–Crippen MR) is 84.0 cm³/mol. The van der Waals surface area contributed by atoms with E-state index in [1.54, 1.807) is 45.9 Å². The number of hydrogen-bond acceptors (Lipinski definition) is 5. The minimum Gasteiger partial charge on any atom is -0.485 e. The summed E-state index contributed by atoms with van der Waals surface area (Å²) in [6.07, 6.45) is -0.954. The van der Waals surface area contributed by atoms with Crippen LogP contribution in [-0.2, 0) is 4.79 Å². The van der Waals surface area contributed by atoms with Gasteiger partial charge in [0.15, 0.2) is 0 Å². The number of carboxylic acids is 1. The fraction of sp³-hybridized carbons (Fsp3) is 0.529. The van der Waals surface area contributed by atoms with Gasteiger partial charge in [0, 0.05) is 5.56 Å². The molecule has 0 radical (unpaired) electrons.